The molecule has 2 rings (SSSR count). The van der Waals surface area contributed by atoms with Crippen LogP contribution in [0, 0.1) is 11.3 Å². The van der Waals surface area contributed by atoms with Crippen LogP contribution < -0.4 is 0 Å². The Labute approximate surface area is 134 Å². The van der Waals surface area contributed by atoms with Crippen molar-refractivity contribution in [1.29, 1.82) is 5.26 Å². The number of rotatable bonds is 6. The van der Waals surface area contributed by atoms with Crippen molar-refractivity contribution in [3.63, 3.8) is 0 Å². The standard InChI is InChI=1S/C20H26N2/c1-15(2)22(16(3)4)13-12-18(14-21)20-11-7-9-17-8-5-6-10-19(17)20/h5-11,15-16,18H,12-13H2,1-4H3. The van der Waals surface area contributed by atoms with Crippen molar-refractivity contribution in [3.8, 4) is 6.07 Å². The summed E-state index contributed by atoms with van der Waals surface area (Å²) in [6.45, 7) is 9.84. The molecule has 2 nitrogen and oxygen atoms in total. The third-order valence-electron chi connectivity index (χ3n) is 4.36. The van der Waals surface area contributed by atoms with E-state index in [1.165, 1.54) is 10.8 Å². The number of fused-ring (bicyclic) bond motifs is 1. The molecule has 0 heterocycles. The Hall–Kier alpha value is -1.85. The summed E-state index contributed by atoms with van der Waals surface area (Å²) in [5, 5.41) is 12.1. The predicted molar refractivity (Wildman–Crippen MR) is 93.9 cm³/mol. The molecule has 0 N–H and O–H groups in total. The second kappa shape index (κ2) is 7.42. The second-order valence-corrected chi connectivity index (χ2v) is 6.46. The van der Waals surface area contributed by atoms with Crippen molar-refractivity contribution in [2.75, 3.05) is 6.54 Å². The van der Waals surface area contributed by atoms with Gasteiger partial charge in [-0.3, -0.25) is 4.90 Å². The second-order valence-electron chi connectivity index (χ2n) is 6.46. The van der Waals surface area contributed by atoms with E-state index in [0.29, 0.717) is 12.1 Å². The highest BCUT2D eigenvalue weighted by Crippen LogP contribution is 2.28. The first-order valence-electron chi connectivity index (χ1n) is 8.17. The van der Waals surface area contributed by atoms with Crippen LogP contribution in [0.4, 0.5) is 0 Å². The third kappa shape index (κ3) is 3.67. The van der Waals surface area contributed by atoms with Gasteiger partial charge in [0.05, 0.1) is 12.0 Å². The normalized spacial score (nSPS) is 13.0. The van der Waals surface area contributed by atoms with Crippen molar-refractivity contribution in [2.45, 2.75) is 52.1 Å². The fourth-order valence-corrected chi connectivity index (χ4v) is 3.23. The van der Waals surface area contributed by atoms with Gasteiger partial charge < -0.3 is 0 Å². The van der Waals surface area contributed by atoms with Crippen LogP contribution in [0.1, 0.15) is 45.6 Å². The fourth-order valence-electron chi connectivity index (χ4n) is 3.23. The van der Waals surface area contributed by atoms with E-state index in [4.69, 9.17) is 0 Å². The Morgan fingerprint density at radius 3 is 2.23 bits per heavy atom. The largest absolute Gasteiger partial charge is 0.298 e. The van der Waals surface area contributed by atoms with E-state index in [1.54, 1.807) is 0 Å². The molecule has 1 unspecified atom stereocenters. The van der Waals surface area contributed by atoms with Gasteiger partial charge in [-0.15, -0.1) is 0 Å². The fraction of sp³-hybridized carbons (Fsp3) is 0.450. The summed E-state index contributed by atoms with van der Waals surface area (Å²) in [4.78, 5) is 2.45. The average Bonchev–Trinajstić information content (AvgIpc) is 2.50. The highest BCUT2D eigenvalue weighted by molar-refractivity contribution is 5.86. The van der Waals surface area contributed by atoms with Crippen molar-refractivity contribution in [3.05, 3.63) is 48.0 Å². The zero-order valence-electron chi connectivity index (χ0n) is 14.1. The molecule has 0 aromatic heterocycles. The molecule has 0 saturated carbocycles. The maximum atomic E-state index is 9.66. The third-order valence-corrected chi connectivity index (χ3v) is 4.36. The Morgan fingerprint density at radius 2 is 1.59 bits per heavy atom. The van der Waals surface area contributed by atoms with Crippen LogP contribution in [0.5, 0.6) is 0 Å². The van der Waals surface area contributed by atoms with Crippen molar-refractivity contribution in [2.24, 2.45) is 0 Å². The number of nitrogens with zero attached hydrogens (tertiary/aromatic N) is 2. The monoisotopic (exact) mass is 294 g/mol. The summed E-state index contributed by atoms with van der Waals surface area (Å²) in [6, 6.07) is 18.1. The predicted octanol–water partition coefficient (Wildman–Crippen LogP) is 4.96. The maximum absolute atomic E-state index is 9.66. The minimum absolute atomic E-state index is 0.0499. The van der Waals surface area contributed by atoms with Crippen molar-refractivity contribution in [1.82, 2.24) is 4.90 Å². The van der Waals surface area contributed by atoms with Gasteiger partial charge in [-0.25, -0.2) is 0 Å². The lowest BCUT2D eigenvalue weighted by atomic mass is 9.91. The summed E-state index contributed by atoms with van der Waals surface area (Å²) >= 11 is 0. The van der Waals surface area contributed by atoms with Crippen LogP contribution in [-0.4, -0.2) is 23.5 Å². The Morgan fingerprint density at radius 1 is 0.955 bits per heavy atom. The molecule has 0 aliphatic rings. The number of hydrogen-bond acceptors (Lipinski definition) is 2. The smallest absolute Gasteiger partial charge is 0.0730 e. The topological polar surface area (TPSA) is 27.0 Å². The van der Waals surface area contributed by atoms with Crippen LogP contribution in [0.25, 0.3) is 10.8 Å². The SMILES string of the molecule is CC(C)N(CCC(C#N)c1cccc2ccccc12)C(C)C. The first kappa shape index (κ1) is 16.5. The number of benzene rings is 2. The van der Waals surface area contributed by atoms with Crippen LogP contribution in [-0.2, 0) is 0 Å². The summed E-state index contributed by atoms with van der Waals surface area (Å²) in [5.74, 6) is -0.0499. The molecule has 0 saturated heterocycles. The lowest BCUT2D eigenvalue weighted by molar-refractivity contribution is 0.171. The summed E-state index contributed by atoms with van der Waals surface area (Å²) in [7, 11) is 0. The van der Waals surface area contributed by atoms with Gasteiger partial charge in [0, 0.05) is 18.6 Å². The molecule has 0 bridgehead atoms. The highest BCUT2D eigenvalue weighted by atomic mass is 15.2. The molecule has 2 aromatic carbocycles. The molecular weight excluding hydrogens is 268 g/mol. The van der Waals surface area contributed by atoms with Crippen molar-refractivity contribution < 1.29 is 0 Å². The molecule has 0 aliphatic heterocycles. The Balaban J connectivity index is 2.23. The van der Waals surface area contributed by atoms with E-state index in [1.807, 2.05) is 6.07 Å². The molecule has 0 fully saturated rings. The maximum Gasteiger partial charge on any atom is 0.0730 e. The summed E-state index contributed by atoms with van der Waals surface area (Å²) in [6.07, 6.45) is 0.876. The highest BCUT2D eigenvalue weighted by Gasteiger charge is 2.18. The van der Waals surface area contributed by atoms with Gasteiger partial charge in [0.25, 0.3) is 0 Å². The van der Waals surface area contributed by atoms with Gasteiger partial charge >= 0.3 is 0 Å². The van der Waals surface area contributed by atoms with Gasteiger partial charge in [-0.2, -0.15) is 5.26 Å². The number of hydrogen-bond donors (Lipinski definition) is 0. The molecule has 22 heavy (non-hydrogen) atoms. The van der Waals surface area contributed by atoms with E-state index in [-0.39, 0.29) is 5.92 Å². The van der Waals surface area contributed by atoms with Crippen molar-refractivity contribution >= 4 is 10.8 Å². The molecule has 2 aromatic rings. The molecular formula is C20H26N2. The van der Waals surface area contributed by atoms with E-state index in [0.717, 1.165) is 18.5 Å². The first-order valence-corrected chi connectivity index (χ1v) is 8.17. The van der Waals surface area contributed by atoms with Gasteiger partial charge in [0.2, 0.25) is 0 Å². The molecule has 0 amide bonds. The lowest BCUT2D eigenvalue weighted by Gasteiger charge is -2.31. The quantitative estimate of drug-likeness (QED) is 0.753. The summed E-state index contributed by atoms with van der Waals surface area (Å²) in [5.41, 5.74) is 1.16. The van der Waals surface area contributed by atoms with Gasteiger partial charge in [-0.05, 0) is 50.5 Å². The van der Waals surface area contributed by atoms with E-state index in [2.05, 4.69) is 75.1 Å². The van der Waals surface area contributed by atoms with Crippen LogP contribution in [0.15, 0.2) is 42.5 Å². The lowest BCUT2D eigenvalue weighted by Crippen LogP contribution is -2.38. The van der Waals surface area contributed by atoms with E-state index < -0.39 is 0 Å². The van der Waals surface area contributed by atoms with Gasteiger partial charge in [0.1, 0.15) is 0 Å². The zero-order chi connectivity index (χ0) is 16.1. The molecule has 0 spiro atoms. The number of nitriles is 1. The Bertz CT molecular complexity index is 639. The average molecular weight is 294 g/mol. The molecule has 0 radical (unpaired) electrons. The zero-order valence-corrected chi connectivity index (χ0v) is 14.1. The molecule has 0 aliphatic carbocycles. The minimum Gasteiger partial charge on any atom is -0.298 e. The van der Waals surface area contributed by atoms with Gasteiger partial charge in [0.15, 0.2) is 0 Å². The minimum atomic E-state index is -0.0499. The van der Waals surface area contributed by atoms with E-state index in [9.17, 15) is 5.26 Å². The molecule has 1 atom stereocenters. The van der Waals surface area contributed by atoms with Crippen LogP contribution >= 0.6 is 0 Å². The van der Waals surface area contributed by atoms with Crippen LogP contribution in [0.3, 0.4) is 0 Å². The van der Waals surface area contributed by atoms with Gasteiger partial charge in [-0.1, -0.05) is 42.5 Å². The molecule has 2 heteroatoms. The summed E-state index contributed by atoms with van der Waals surface area (Å²) < 4.78 is 0. The van der Waals surface area contributed by atoms with Crippen LogP contribution in [0.2, 0.25) is 0 Å². The first-order chi connectivity index (χ1) is 10.5. The molecule has 116 valence electrons. The Kier molecular flexibility index (Phi) is 5.57. The van der Waals surface area contributed by atoms with E-state index >= 15 is 0 Å².